The van der Waals surface area contributed by atoms with Gasteiger partial charge in [0.05, 0.1) is 23.5 Å². The van der Waals surface area contributed by atoms with Crippen molar-refractivity contribution in [2.45, 2.75) is 6.92 Å². The van der Waals surface area contributed by atoms with Crippen LogP contribution in [0.2, 0.25) is 0 Å². The number of aromatic amines is 1. The van der Waals surface area contributed by atoms with E-state index in [1.54, 1.807) is 13.3 Å². The SMILES string of the molecule is CCOc1c(I)cc(/C=N\Nc2nn[nH]n2)cc1OC. The molecular formula is C11H13IN6O2. The van der Waals surface area contributed by atoms with Crippen molar-refractivity contribution in [2.24, 2.45) is 5.10 Å². The summed E-state index contributed by atoms with van der Waals surface area (Å²) < 4.78 is 11.8. The van der Waals surface area contributed by atoms with Crippen LogP contribution in [0.4, 0.5) is 5.95 Å². The number of aromatic nitrogens is 4. The highest BCUT2D eigenvalue weighted by atomic mass is 127. The molecule has 1 aromatic carbocycles. The maximum Gasteiger partial charge on any atom is 0.283 e. The van der Waals surface area contributed by atoms with Crippen molar-refractivity contribution in [2.75, 3.05) is 19.1 Å². The molecule has 0 unspecified atom stereocenters. The van der Waals surface area contributed by atoms with E-state index in [2.05, 4.69) is 53.7 Å². The van der Waals surface area contributed by atoms with Gasteiger partial charge in [-0.3, -0.25) is 0 Å². The predicted molar refractivity (Wildman–Crippen MR) is 82.3 cm³/mol. The molecule has 2 rings (SSSR count). The van der Waals surface area contributed by atoms with Crippen molar-refractivity contribution < 1.29 is 9.47 Å². The van der Waals surface area contributed by atoms with E-state index in [4.69, 9.17) is 9.47 Å². The Morgan fingerprint density at radius 1 is 1.50 bits per heavy atom. The fraction of sp³-hybridized carbons (Fsp3) is 0.273. The molecule has 0 aliphatic carbocycles. The molecule has 0 spiro atoms. The molecule has 0 atom stereocenters. The summed E-state index contributed by atoms with van der Waals surface area (Å²) in [4.78, 5) is 0. The zero-order valence-electron chi connectivity index (χ0n) is 10.9. The number of hydrogen-bond acceptors (Lipinski definition) is 7. The standard InChI is InChI=1S/C11H13IN6O2/c1-3-20-10-8(12)4-7(5-9(10)19-2)6-13-14-11-15-17-18-16-11/h4-6H,3H2,1-2H3,(H2,14,15,16,17,18)/b13-6-. The lowest BCUT2D eigenvalue weighted by molar-refractivity contribution is 0.308. The van der Waals surface area contributed by atoms with E-state index >= 15 is 0 Å². The summed E-state index contributed by atoms with van der Waals surface area (Å²) in [7, 11) is 1.60. The Hall–Kier alpha value is -1.91. The van der Waals surface area contributed by atoms with Crippen LogP contribution < -0.4 is 14.9 Å². The molecule has 0 aliphatic rings. The van der Waals surface area contributed by atoms with Gasteiger partial charge in [-0.25, -0.2) is 5.43 Å². The minimum Gasteiger partial charge on any atom is -0.493 e. The zero-order valence-corrected chi connectivity index (χ0v) is 13.1. The third kappa shape index (κ3) is 3.56. The van der Waals surface area contributed by atoms with E-state index in [1.165, 1.54) is 0 Å². The summed E-state index contributed by atoms with van der Waals surface area (Å²) in [5.74, 6) is 1.70. The molecule has 0 saturated heterocycles. The summed E-state index contributed by atoms with van der Waals surface area (Å²) in [6.07, 6.45) is 1.64. The van der Waals surface area contributed by atoms with Gasteiger partial charge in [-0.1, -0.05) is 5.10 Å². The van der Waals surface area contributed by atoms with Crippen LogP contribution in [-0.4, -0.2) is 40.6 Å². The maximum atomic E-state index is 5.55. The minimum absolute atomic E-state index is 0.300. The van der Waals surface area contributed by atoms with Gasteiger partial charge >= 0.3 is 0 Å². The Kier molecular flexibility index (Phi) is 5.09. The number of hydrazone groups is 1. The second-order valence-corrected chi connectivity index (χ2v) is 4.73. The van der Waals surface area contributed by atoms with E-state index < -0.39 is 0 Å². The number of nitrogens with zero attached hydrogens (tertiary/aromatic N) is 4. The van der Waals surface area contributed by atoms with Gasteiger partial charge in [-0.15, -0.1) is 5.10 Å². The van der Waals surface area contributed by atoms with Crippen molar-refractivity contribution in [3.63, 3.8) is 0 Å². The number of halogens is 1. The summed E-state index contributed by atoms with van der Waals surface area (Å²) in [5.41, 5.74) is 3.52. The molecular weight excluding hydrogens is 375 g/mol. The van der Waals surface area contributed by atoms with Gasteiger partial charge in [-0.05, 0) is 52.4 Å². The quantitative estimate of drug-likeness (QED) is 0.444. The highest BCUT2D eigenvalue weighted by Crippen LogP contribution is 2.33. The first-order valence-electron chi connectivity index (χ1n) is 5.77. The van der Waals surface area contributed by atoms with Crippen LogP contribution >= 0.6 is 22.6 Å². The van der Waals surface area contributed by atoms with Gasteiger partial charge in [0.15, 0.2) is 11.5 Å². The Balaban J connectivity index is 2.16. The average Bonchev–Trinajstić information content (AvgIpc) is 2.94. The molecule has 1 aromatic heterocycles. The molecule has 2 N–H and O–H groups in total. The fourth-order valence-electron chi connectivity index (χ4n) is 1.47. The Morgan fingerprint density at radius 3 is 3.00 bits per heavy atom. The van der Waals surface area contributed by atoms with Crippen molar-refractivity contribution in [1.29, 1.82) is 0 Å². The van der Waals surface area contributed by atoms with Crippen molar-refractivity contribution >= 4 is 34.8 Å². The molecule has 0 amide bonds. The molecule has 1 heterocycles. The summed E-state index contributed by atoms with van der Waals surface area (Å²) in [6, 6.07) is 3.78. The van der Waals surface area contributed by atoms with Crippen molar-refractivity contribution in [3.05, 3.63) is 21.3 Å². The van der Waals surface area contributed by atoms with Crippen LogP contribution in [0.25, 0.3) is 0 Å². The van der Waals surface area contributed by atoms with E-state index in [0.29, 0.717) is 18.3 Å². The van der Waals surface area contributed by atoms with E-state index in [9.17, 15) is 0 Å². The number of tetrazole rings is 1. The highest BCUT2D eigenvalue weighted by molar-refractivity contribution is 14.1. The minimum atomic E-state index is 0.300. The third-order valence-electron chi connectivity index (χ3n) is 2.26. The molecule has 2 aromatic rings. The second kappa shape index (κ2) is 7.03. The molecule has 20 heavy (non-hydrogen) atoms. The van der Waals surface area contributed by atoms with Gasteiger partial charge in [0.25, 0.3) is 5.95 Å². The van der Waals surface area contributed by atoms with Gasteiger partial charge in [-0.2, -0.15) is 10.3 Å². The van der Waals surface area contributed by atoms with Crippen LogP contribution in [-0.2, 0) is 0 Å². The fourth-order valence-corrected chi connectivity index (χ4v) is 2.25. The van der Waals surface area contributed by atoms with Crippen LogP contribution in [0.1, 0.15) is 12.5 Å². The topological polar surface area (TPSA) is 97.3 Å². The predicted octanol–water partition coefficient (Wildman–Crippen LogP) is 1.66. The van der Waals surface area contributed by atoms with Gasteiger partial charge in [0.2, 0.25) is 0 Å². The molecule has 0 aliphatic heterocycles. The first-order chi connectivity index (χ1) is 9.74. The molecule has 0 saturated carbocycles. The van der Waals surface area contributed by atoms with Crippen molar-refractivity contribution in [1.82, 2.24) is 20.6 Å². The Labute approximate surface area is 129 Å². The lowest BCUT2D eigenvalue weighted by Crippen LogP contribution is -1.99. The molecule has 0 radical (unpaired) electrons. The monoisotopic (exact) mass is 388 g/mol. The number of methoxy groups -OCH3 is 1. The van der Waals surface area contributed by atoms with Crippen LogP contribution in [0.15, 0.2) is 17.2 Å². The lowest BCUT2D eigenvalue weighted by atomic mass is 10.2. The van der Waals surface area contributed by atoms with E-state index in [-0.39, 0.29) is 0 Å². The molecule has 0 fully saturated rings. The molecule has 106 valence electrons. The highest BCUT2D eigenvalue weighted by Gasteiger charge is 2.10. The largest absolute Gasteiger partial charge is 0.493 e. The number of benzene rings is 1. The molecule has 0 bridgehead atoms. The lowest BCUT2D eigenvalue weighted by Gasteiger charge is -2.11. The smallest absolute Gasteiger partial charge is 0.283 e. The number of rotatable bonds is 6. The van der Waals surface area contributed by atoms with Crippen LogP contribution in [0.3, 0.4) is 0 Å². The number of hydrogen-bond donors (Lipinski definition) is 2. The molecule has 9 heteroatoms. The first-order valence-corrected chi connectivity index (χ1v) is 6.85. The normalized spacial score (nSPS) is 10.8. The maximum absolute atomic E-state index is 5.55. The number of H-pyrrole nitrogens is 1. The van der Waals surface area contributed by atoms with E-state index in [0.717, 1.165) is 14.9 Å². The number of anilines is 1. The Morgan fingerprint density at radius 2 is 2.35 bits per heavy atom. The third-order valence-corrected chi connectivity index (χ3v) is 3.07. The van der Waals surface area contributed by atoms with Crippen LogP contribution in [0.5, 0.6) is 11.5 Å². The number of nitrogens with one attached hydrogen (secondary N) is 2. The first kappa shape index (κ1) is 14.5. The number of ether oxygens (including phenoxy) is 2. The average molecular weight is 388 g/mol. The molecule has 8 nitrogen and oxygen atoms in total. The van der Waals surface area contributed by atoms with Crippen molar-refractivity contribution in [3.8, 4) is 11.5 Å². The zero-order chi connectivity index (χ0) is 14.4. The summed E-state index contributed by atoms with van der Waals surface area (Å²) >= 11 is 2.19. The Bertz CT molecular complexity index is 587. The van der Waals surface area contributed by atoms with Crippen LogP contribution in [0, 0.1) is 3.57 Å². The summed E-state index contributed by atoms with van der Waals surface area (Å²) in [6.45, 7) is 2.51. The van der Waals surface area contributed by atoms with Gasteiger partial charge in [0, 0.05) is 0 Å². The summed E-state index contributed by atoms with van der Waals surface area (Å²) in [5, 5.41) is 17.2. The second-order valence-electron chi connectivity index (χ2n) is 3.57. The van der Waals surface area contributed by atoms with Gasteiger partial charge < -0.3 is 9.47 Å². The van der Waals surface area contributed by atoms with E-state index in [1.807, 2.05) is 19.1 Å². The van der Waals surface area contributed by atoms with Gasteiger partial charge in [0.1, 0.15) is 0 Å².